The highest BCUT2D eigenvalue weighted by Gasteiger charge is 2.13. The van der Waals surface area contributed by atoms with Gasteiger partial charge in [-0.2, -0.15) is 9.97 Å². The van der Waals surface area contributed by atoms with E-state index in [0.29, 0.717) is 48.9 Å². The van der Waals surface area contributed by atoms with Gasteiger partial charge in [-0.1, -0.05) is 10.3 Å². The van der Waals surface area contributed by atoms with E-state index in [4.69, 9.17) is 13.8 Å². The molecule has 0 aliphatic carbocycles. The second kappa shape index (κ2) is 10.0. The summed E-state index contributed by atoms with van der Waals surface area (Å²) in [7, 11) is 1.91. The van der Waals surface area contributed by atoms with Crippen LogP contribution in [0.15, 0.2) is 33.3 Å². The number of nitrogens with zero attached hydrogens (tertiary/aromatic N) is 4. The Morgan fingerprint density at radius 1 is 1.04 bits per heavy atom. The van der Waals surface area contributed by atoms with Crippen LogP contribution in [0.5, 0.6) is 5.75 Å². The molecular formula is C18H24ClN5O3. The van der Waals surface area contributed by atoms with Crippen molar-refractivity contribution in [3.63, 3.8) is 0 Å². The van der Waals surface area contributed by atoms with Crippen LogP contribution in [0.2, 0.25) is 0 Å². The number of hydrogen-bond acceptors (Lipinski definition) is 8. The number of rotatable bonds is 9. The number of aryl methyl sites for hydroxylation is 2. The molecule has 0 aliphatic rings. The van der Waals surface area contributed by atoms with Crippen LogP contribution in [0.3, 0.4) is 0 Å². The van der Waals surface area contributed by atoms with Gasteiger partial charge in [0.1, 0.15) is 5.75 Å². The maximum atomic E-state index is 5.43. The number of halogens is 1. The number of ether oxygens (including phenoxy) is 1. The molecule has 2 heterocycles. The van der Waals surface area contributed by atoms with E-state index in [0.717, 1.165) is 17.7 Å². The fraction of sp³-hybridized carbons (Fsp3) is 0.444. The summed E-state index contributed by atoms with van der Waals surface area (Å²) < 4.78 is 16.0. The first-order valence-corrected chi connectivity index (χ1v) is 8.72. The fourth-order valence-electron chi connectivity index (χ4n) is 2.40. The zero-order chi connectivity index (χ0) is 18.4. The van der Waals surface area contributed by atoms with Gasteiger partial charge in [-0.05, 0) is 45.2 Å². The van der Waals surface area contributed by atoms with Crippen LogP contribution < -0.4 is 10.1 Å². The van der Waals surface area contributed by atoms with E-state index < -0.39 is 0 Å². The van der Waals surface area contributed by atoms with Crippen molar-refractivity contribution in [3.05, 3.63) is 41.9 Å². The van der Waals surface area contributed by atoms with Crippen molar-refractivity contribution >= 4 is 12.4 Å². The molecule has 0 aliphatic heterocycles. The van der Waals surface area contributed by atoms with Crippen LogP contribution in [0.4, 0.5) is 0 Å². The van der Waals surface area contributed by atoms with Gasteiger partial charge in [0.25, 0.3) is 0 Å². The van der Waals surface area contributed by atoms with Crippen LogP contribution in [0.25, 0.3) is 11.4 Å². The van der Waals surface area contributed by atoms with Crippen molar-refractivity contribution in [2.75, 3.05) is 13.7 Å². The molecule has 146 valence electrons. The zero-order valence-corrected chi connectivity index (χ0v) is 16.5. The molecule has 0 saturated heterocycles. The Kier molecular flexibility index (Phi) is 7.75. The van der Waals surface area contributed by atoms with Crippen LogP contribution in [0, 0.1) is 0 Å². The minimum atomic E-state index is 0. The Morgan fingerprint density at radius 3 is 2.37 bits per heavy atom. The molecule has 1 aromatic carbocycles. The summed E-state index contributed by atoms with van der Waals surface area (Å²) in [5, 5.41) is 11.2. The third-order valence-corrected chi connectivity index (χ3v) is 3.94. The Morgan fingerprint density at radius 2 is 1.70 bits per heavy atom. The zero-order valence-electron chi connectivity index (χ0n) is 15.6. The lowest BCUT2D eigenvalue weighted by Gasteiger charge is -2.04. The average molecular weight is 394 g/mol. The summed E-state index contributed by atoms with van der Waals surface area (Å²) in [5.41, 5.74) is 0.879. The molecule has 1 atom stereocenters. The van der Waals surface area contributed by atoms with Crippen molar-refractivity contribution in [3.8, 4) is 17.1 Å². The fourth-order valence-corrected chi connectivity index (χ4v) is 2.40. The number of nitrogens with one attached hydrogen (secondary N) is 1. The van der Waals surface area contributed by atoms with Crippen molar-refractivity contribution in [2.45, 2.75) is 39.2 Å². The molecular weight excluding hydrogens is 370 g/mol. The molecule has 0 radical (unpaired) electrons. The molecule has 3 rings (SSSR count). The predicted molar refractivity (Wildman–Crippen MR) is 102 cm³/mol. The number of aromatic nitrogens is 4. The Balaban J connectivity index is 0.00000261. The first kappa shape index (κ1) is 20.9. The highest BCUT2D eigenvalue weighted by Crippen LogP contribution is 2.20. The van der Waals surface area contributed by atoms with E-state index in [9.17, 15) is 0 Å². The largest absolute Gasteiger partial charge is 0.494 e. The number of benzene rings is 1. The summed E-state index contributed by atoms with van der Waals surface area (Å²) in [6, 6.07) is 7.90. The molecule has 27 heavy (non-hydrogen) atoms. The Bertz CT molecular complexity index is 819. The number of hydrogen-bond donors (Lipinski definition) is 1. The Hall–Kier alpha value is -2.45. The second-order valence-electron chi connectivity index (χ2n) is 5.97. The van der Waals surface area contributed by atoms with Gasteiger partial charge in [0.2, 0.25) is 17.6 Å². The highest BCUT2D eigenvalue weighted by molar-refractivity contribution is 5.85. The van der Waals surface area contributed by atoms with Crippen LogP contribution in [-0.4, -0.2) is 40.0 Å². The molecule has 9 heteroatoms. The summed E-state index contributed by atoms with van der Waals surface area (Å²) in [5.74, 6) is 3.18. The maximum absolute atomic E-state index is 5.43. The summed E-state index contributed by atoms with van der Waals surface area (Å²) in [6.45, 7) is 4.65. The smallest absolute Gasteiger partial charge is 0.227 e. The lowest BCUT2D eigenvalue weighted by molar-refractivity contribution is 0.340. The van der Waals surface area contributed by atoms with E-state index in [1.165, 1.54) is 0 Å². The molecule has 0 fully saturated rings. The van der Waals surface area contributed by atoms with Gasteiger partial charge in [-0.15, -0.1) is 12.4 Å². The first-order valence-electron chi connectivity index (χ1n) is 8.72. The van der Waals surface area contributed by atoms with Crippen LogP contribution in [0.1, 0.15) is 31.5 Å². The van der Waals surface area contributed by atoms with E-state index in [1.807, 2.05) is 38.2 Å². The lowest BCUT2D eigenvalue weighted by Crippen LogP contribution is -2.24. The van der Waals surface area contributed by atoms with Gasteiger partial charge in [0, 0.05) is 30.9 Å². The normalized spacial score (nSPS) is 11.8. The second-order valence-corrected chi connectivity index (χ2v) is 5.97. The first-order chi connectivity index (χ1) is 12.7. The molecule has 0 amide bonds. The molecule has 0 bridgehead atoms. The van der Waals surface area contributed by atoms with Crippen molar-refractivity contribution in [1.82, 2.24) is 25.6 Å². The Labute approximate surface area is 164 Å². The van der Waals surface area contributed by atoms with Gasteiger partial charge in [-0.25, -0.2) is 0 Å². The van der Waals surface area contributed by atoms with Gasteiger partial charge >= 0.3 is 0 Å². The summed E-state index contributed by atoms with van der Waals surface area (Å²) >= 11 is 0. The maximum Gasteiger partial charge on any atom is 0.227 e. The molecule has 1 N–H and O–H groups in total. The van der Waals surface area contributed by atoms with E-state index in [-0.39, 0.29) is 12.4 Å². The lowest BCUT2D eigenvalue weighted by atomic mass is 10.2. The van der Waals surface area contributed by atoms with Gasteiger partial charge in [0.05, 0.1) is 6.61 Å². The standard InChI is InChI=1S/C18H23N5O3.ClH/c1-4-24-14-7-5-13(6-8-14)18-21-17(26-23-18)10-9-16-20-15(22-25-16)11-12(2)19-3;/h5-8,12,19H,4,9-11H2,1-3H3;1H. The van der Waals surface area contributed by atoms with E-state index in [2.05, 4.69) is 32.5 Å². The summed E-state index contributed by atoms with van der Waals surface area (Å²) in [6.07, 6.45) is 1.83. The van der Waals surface area contributed by atoms with Gasteiger partial charge < -0.3 is 19.1 Å². The monoisotopic (exact) mass is 393 g/mol. The third-order valence-electron chi connectivity index (χ3n) is 3.94. The highest BCUT2D eigenvalue weighted by atomic mass is 35.5. The van der Waals surface area contributed by atoms with Crippen molar-refractivity contribution in [1.29, 1.82) is 0 Å². The van der Waals surface area contributed by atoms with Gasteiger partial charge in [0.15, 0.2) is 5.82 Å². The predicted octanol–water partition coefficient (Wildman–Crippen LogP) is 2.88. The molecule has 2 aromatic heterocycles. The molecule has 0 spiro atoms. The van der Waals surface area contributed by atoms with E-state index in [1.54, 1.807) is 0 Å². The molecule has 8 nitrogen and oxygen atoms in total. The van der Waals surface area contributed by atoms with Crippen LogP contribution >= 0.6 is 12.4 Å². The van der Waals surface area contributed by atoms with Crippen molar-refractivity contribution in [2.24, 2.45) is 0 Å². The minimum Gasteiger partial charge on any atom is -0.494 e. The van der Waals surface area contributed by atoms with Gasteiger partial charge in [-0.3, -0.25) is 0 Å². The van der Waals surface area contributed by atoms with E-state index >= 15 is 0 Å². The summed E-state index contributed by atoms with van der Waals surface area (Å²) in [4.78, 5) is 8.81. The van der Waals surface area contributed by atoms with Crippen molar-refractivity contribution < 1.29 is 13.8 Å². The SMILES string of the molecule is CCOc1ccc(-c2noc(CCc3nc(CC(C)NC)no3)n2)cc1.Cl. The number of likely N-dealkylation sites (N-methyl/N-ethyl adjacent to an activating group) is 1. The average Bonchev–Trinajstić information content (AvgIpc) is 3.30. The quantitative estimate of drug-likeness (QED) is 0.592. The molecule has 0 saturated carbocycles. The topological polar surface area (TPSA) is 99.1 Å². The third kappa shape index (κ3) is 5.77. The molecule has 3 aromatic rings. The minimum absolute atomic E-state index is 0. The molecule has 1 unspecified atom stereocenters. The van der Waals surface area contributed by atoms with Crippen LogP contribution in [-0.2, 0) is 19.3 Å².